The summed E-state index contributed by atoms with van der Waals surface area (Å²) in [4.78, 5) is 0. The third-order valence-corrected chi connectivity index (χ3v) is 3.93. The van der Waals surface area contributed by atoms with Crippen molar-refractivity contribution in [2.45, 2.75) is 33.8 Å². The lowest BCUT2D eigenvalue weighted by molar-refractivity contribution is 0.0525. The molecular weight excluding hydrogens is 255 g/mol. The monoisotopic (exact) mass is 274 g/mol. The van der Waals surface area contributed by atoms with Crippen LogP contribution in [0, 0.1) is 17.8 Å². The Bertz CT molecular complexity index is 366. The third kappa shape index (κ3) is 3.61. The molecule has 3 heteroatoms. The lowest BCUT2D eigenvalue weighted by Crippen LogP contribution is -2.23. The molecule has 0 saturated carbocycles. The van der Waals surface area contributed by atoms with Gasteiger partial charge in [-0.1, -0.05) is 57.0 Å². The summed E-state index contributed by atoms with van der Waals surface area (Å²) < 4.78 is 0. The van der Waals surface area contributed by atoms with E-state index in [2.05, 4.69) is 27.7 Å². The van der Waals surface area contributed by atoms with E-state index < -0.39 is 6.10 Å². The Morgan fingerprint density at radius 3 is 1.88 bits per heavy atom. The predicted octanol–water partition coefficient (Wildman–Crippen LogP) is 4.96. The van der Waals surface area contributed by atoms with Gasteiger partial charge in [0.1, 0.15) is 0 Å². The van der Waals surface area contributed by atoms with E-state index in [1.807, 2.05) is 6.07 Å². The van der Waals surface area contributed by atoms with E-state index in [0.29, 0.717) is 21.9 Å². The zero-order valence-corrected chi connectivity index (χ0v) is 12.3. The van der Waals surface area contributed by atoms with Crippen molar-refractivity contribution in [1.82, 2.24) is 0 Å². The lowest BCUT2D eigenvalue weighted by atomic mass is 9.79. The molecule has 1 unspecified atom stereocenters. The minimum atomic E-state index is -0.496. The van der Waals surface area contributed by atoms with Gasteiger partial charge in [0, 0.05) is 0 Å². The van der Waals surface area contributed by atoms with Crippen molar-refractivity contribution in [1.29, 1.82) is 0 Å². The van der Waals surface area contributed by atoms with Crippen molar-refractivity contribution >= 4 is 23.2 Å². The molecule has 17 heavy (non-hydrogen) atoms. The molecule has 1 atom stereocenters. The summed E-state index contributed by atoms with van der Waals surface area (Å²) in [5, 5.41) is 11.5. The first-order valence-electron chi connectivity index (χ1n) is 5.97. The van der Waals surface area contributed by atoms with E-state index >= 15 is 0 Å². The average molecular weight is 275 g/mol. The van der Waals surface area contributed by atoms with Crippen LogP contribution in [-0.4, -0.2) is 5.11 Å². The van der Waals surface area contributed by atoms with Crippen LogP contribution in [-0.2, 0) is 0 Å². The Morgan fingerprint density at radius 2 is 1.47 bits per heavy atom. The summed E-state index contributed by atoms with van der Waals surface area (Å²) in [5.74, 6) is 1.05. The molecule has 0 amide bonds. The van der Waals surface area contributed by atoms with Gasteiger partial charge in [0.25, 0.3) is 0 Å². The largest absolute Gasteiger partial charge is 0.388 e. The van der Waals surface area contributed by atoms with Crippen LogP contribution in [0.15, 0.2) is 18.2 Å². The highest BCUT2D eigenvalue weighted by Crippen LogP contribution is 2.35. The Labute approximate surface area is 114 Å². The topological polar surface area (TPSA) is 20.2 Å². The second-order valence-electron chi connectivity index (χ2n) is 5.18. The fourth-order valence-electron chi connectivity index (χ4n) is 2.42. The maximum absolute atomic E-state index is 10.4. The van der Waals surface area contributed by atoms with Gasteiger partial charge in [-0.15, -0.1) is 0 Å². The van der Waals surface area contributed by atoms with Gasteiger partial charge in [0.15, 0.2) is 0 Å². The van der Waals surface area contributed by atoms with E-state index in [4.69, 9.17) is 23.2 Å². The van der Waals surface area contributed by atoms with Crippen molar-refractivity contribution in [2.24, 2.45) is 17.8 Å². The van der Waals surface area contributed by atoms with Crippen LogP contribution in [0.25, 0.3) is 0 Å². The first kappa shape index (κ1) is 14.8. The second kappa shape index (κ2) is 6.08. The minimum Gasteiger partial charge on any atom is -0.388 e. The number of hydrogen-bond donors (Lipinski definition) is 1. The first-order chi connectivity index (χ1) is 7.84. The van der Waals surface area contributed by atoms with E-state index in [0.717, 1.165) is 5.56 Å². The molecule has 0 spiro atoms. The van der Waals surface area contributed by atoms with E-state index in [1.165, 1.54) is 0 Å². The second-order valence-corrected chi connectivity index (χ2v) is 6.00. The standard InChI is InChI=1S/C14H20Cl2O/c1-8(2)13(9(3)4)14(17)10-5-6-11(15)12(16)7-10/h5-9,13-14,17H,1-4H3. The molecule has 96 valence electrons. The van der Waals surface area contributed by atoms with Crippen molar-refractivity contribution in [3.05, 3.63) is 33.8 Å². The molecule has 0 radical (unpaired) electrons. The minimum absolute atomic E-state index is 0.215. The van der Waals surface area contributed by atoms with E-state index in [1.54, 1.807) is 12.1 Å². The average Bonchev–Trinajstić information content (AvgIpc) is 2.20. The van der Waals surface area contributed by atoms with Gasteiger partial charge >= 0.3 is 0 Å². The number of halogens is 2. The van der Waals surface area contributed by atoms with Gasteiger partial charge < -0.3 is 5.11 Å². The van der Waals surface area contributed by atoms with Crippen molar-refractivity contribution < 1.29 is 5.11 Å². The molecule has 1 aromatic rings. The fraction of sp³-hybridized carbons (Fsp3) is 0.571. The van der Waals surface area contributed by atoms with Crippen LogP contribution in [0.2, 0.25) is 10.0 Å². The highest BCUT2D eigenvalue weighted by molar-refractivity contribution is 6.42. The Kier molecular flexibility index (Phi) is 5.30. The summed E-state index contributed by atoms with van der Waals surface area (Å²) in [6.45, 7) is 8.52. The van der Waals surface area contributed by atoms with Gasteiger partial charge in [0.2, 0.25) is 0 Å². The van der Waals surface area contributed by atoms with Crippen LogP contribution in [0.5, 0.6) is 0 Å². The van der Waals surface area contributed by atoms with Crippen molar-refractivity contribution in [2.75, 3.05) is 0 Å². The van der Waals surface area contributed by atoms with Crippen LogP contribution < -0.4 is 0 Å². The Balaban J connectivity index is 3.01. The number of aliphatic hydroxyl groups excluding tert-OH is 1. The highest BCUT2D eigenvalue weighted by atomic mass is 35.5. The first-order valence-corrected chi connectivity index (χ1v) is 6.73. The molecule has 0 aliphatic carbocycles. The number of aliphatic hydroxyl groups is 1. The smallest absolute Gasteiger partial charge is 0.0823 e. The van der Waals surface area contributed by atoms with Crippen molar-refractivity contribution in [3.63, 3.8) is 0 Å². The van der Waals surface area contributed by atoms with E-state index in [-0.39, 0.29) is 5.92 Å². The van der Waals surface area contributed by atoms with Gasteiger partial charge in [-0.2, -0.15) is 0 Å². The van der Waals surface area contributed by atoms with Crippen LogP contribution in [0.4, 0.5) is 0 Å². The molecule has 0 bridgehead atoms. The maximum atomic E-state index is 10.4. The summed E-state index contributed by atoms with van der Waals surface area (Å²) in [6.07, 6.45) is -0.496. The Morgan fingerprint density at radius 1 is 0.941 bits per heavy atom. The molecule has 1 rings (SSSR count). The van der Waals surface area contributed by atoms with Gasteiger partial charge in [-0.05, 0) is 35.4 Å². The quantitative estimate of drug-likeness (QED) is 0.823. The predicted molar refractivity (Wildman–Crippen MR) is 74.6 cm³/mol. The van der Waals surface area contributed by atoms with Gasteiger partial charge in [0.05, 0.1) is 16.1 Å². The Hall–Kier alpha value is -0.240. The summed E-state index contributed by atoms with van der Waals surface area (Å²) in [7, 11) is 0. The van der Waals surface area contributed by atoms with Crippen LogP contribution in [0.3, 0.4) is 0 Å². The number of hydrogen-bond acceptors (Lipinski definition) is 1. The molecule has 0 aliphatic heterocycles. The number of rotatable bonds is 4. The molecule has 0 heterocycles. The molecule has 1 nitrogen and oxygen atoms in total. The number of benzene rings is 1. The fourth-order valence-corrected chi connectivity index (χ4v) is 2.72. The summed E-state index contributed by atoms with van der Waals surface area (Å²) in [5.41, 5.74) is 0.840. The third-order valence-electron chi connectivity index (χ3n) is 3.19. The van der Waals surface area contributed by atoms with E-state index in [9.17, 15) is 5.11 Å². The molecule has 0 aliphatic rings. The molecule has 1 N–H and O–H groups in total. The molecule has 0 aromatic heterocycles. The van der Waals surface area contributed by atoms with Crippen LogP contribution >= 0.6 is 23.2 Å². The molecular formula is C14H20Cl2O. The van der Waals surface area contributed by atoms with Gasteiger partial charge in [-0.3, -0.25) is 0 Å². The summed E-state index contributed by atoms with van der Waals surface area (Å²) in [6, 6.07) is 5.34. The maximum Gasteiger partial charge on any atom is 0.0823 e. The normalized spacial score (nSPS) is 13.8. The van der Waals surface area contributed by atoms with Crippen LogP contribution in [0.1, 0.15) is 39.4 Å². The lowest BCUT2D eigenvalue weighted by Gasteiger charge is -2.30. The zero-order chi connectivity index (χ0) is 13.2. The highest BCUT2D eigenvalue weighted by Gasteiger charge is 2.27. The molecule has 0 saturated heterocycles. The van der Waals surface area contributed by atoms with Gasteiger partial charge in [-0.25, -0.2) is 0 Å². The molecule has 0 fully saturated rings. The summed E-state index contributed by atoms with van der Waals surface area (Å²) >= 11 is 11.9. The molecule has 1 aromatic carbocycles. The van der Waals surface area contributed by atoms with Crippen molar-refractivity contribution in [3.8, 4) is 0 Å². The SMILES string of the molecule is CC(C)C(C(C)C)C(O)c1ccc(Cl)c(Cl)c1. The zero-order valence-electron chi connectivity index (χ0n) is 10.7.